The number of hydrogen-bond donors (Lipinski definition) is 0. The highest BCUT2D eigenvalue weighted by atomic mass is 79.9. The Labute approximate surface area is 157 Å². The van der Waals surface area contributed by atoms with Crippen molar-refractivity contribution in [2.24, 2.45) is 0 Å². The number of pyridine rings is 1. The zero-order chi connectivity index (χ0) is 18.3. The number of esters is 1. The number of hydrogen-bond acceptors (Lipinski definition) is 5. The molecule has 1 aliphatic heterocycles. The molecule has 1 amide bonds. The lowest BCUT2D eigenvalue weighted by Gasteiger charge is -2.27. The fraction of sp³-hybridized carbons (Fsp3) is 0.211. The van der Waals surface area contributed by atoms with Crippen molar-refractivity contribution in [1.82, 2.24) is 9.88 Å². The van der Waals surface area contributed by atoms with Crippen LogP contribution in [0.25, 0.3) is 11.0 Å². The van der Waals surface area contributed by atoms with Gasteiger partial charge in [-0.05, 0) is 36.2 Å². The summed E-state index contributed by atoms with van der Waals surface area (Å²) in [5, 5.41) is 0.779. The van der Waals surface area contributed by atoms with E-state index in [-0.39, 0.29) is 5.91 Å². The Balaban J connectivity index is 1.66. The first-order valence-electron chi connectivity index (χ1n) is 8.09. The zero-order valence-corrected chi connectivity index (χ0v) is 15.6. The Hall–Kier alpha value is -2.67. The number of furan rings is 1. The highest BCUT2D eigenvalue weighted by Crippen LogP contribution is 2.29. The Bertz CT molecular complexity index is 1030. The summed E-state index contributed by atoms with van der Waals surface area (Å²) in [4.78, 5) is 30.4. The van der Waals surface area contributed by atoms with E-state index < -0.39 is 5.97 Å². The molecule has 0 radical (unpaired) electrons. The standard InChI is InChI=1S/C19H15BrN2O4/c1-25-19(24)15-8-13(20)6-12-7-14(26-17(12)15)10-22-5-3-11-2-4-21-9-16(11)18(22)23/h2,4,6-9H,3,5,10H2,1H3. The molecule has 3 aromatic rings. The minimum atomic E-state index is -0.466. The molecule has 6 nitrogen and oxygen atoms in total. The van der Waals surface area contributed by atoms with Crippen molar-refractivity contribution in [3.8, 4) is 0 Å². The molecule has 132 valence electrons. The van der Waals surface area contributed by atoms with Crippen molar-refractivity contribution < 1.29 is 18.7 Å². The molecule has 0 saturated heterocycles. The lowest BCUT2D eigenvalue weighted by Crippen LogP contribution is -2.37. The maximum atomic E-state index is 12.7. The van der Waals surface area contributed by atoms with Crippen LogP contribution in [0.5, 0.6) is 0 Å². The molecule has 0 spiro atoms. The number of benzene rings is 1. The van der Waals surface area contributed by atoms with Gasteiger partial charge >= 0.3 is 5.97 Å². The van der Waals surface area contributed by atoms with Crippen molar-refractivity contribution in [3.05, 3.63) is 63.6 Å². The summed E-state index contributed by atoms with van der Waals surface area (Å²) in [6.07, 6.45) is 4.09. The van der Waals surface area contributed by atoms with E-state index in [1.165, 1.54) is 7.11 Å². The maximum absolute atomic E-state index is 12.7. The first-order chi connectivity index (χ1) is 12.6. The molecule has 4 rings (SSSR count). The fourth-order valence-corrected chi connectivity index (χ4v) is 3.68. The number of halogens is 1. The second-order valence-electron chi connectivity index (χ2n) is 6.09. The molecule has 1 aliphatic rings. The van der Waals surface area contributed by atoms with Crippen LogP contribution < -0.4 is 0 Å². The molecule has 26 heavy (non-hydrogen) atoms. The minimum Gasteiger partial charge on any atom is -0.465 e. The van der Waals surface area contributed by atoms with Gasteiger partial charge in [0.2, 0.25) is 0 Å². The van der Waals surface area contributed by atoms with Gasteiger partial charge in [-0.1, -0.05) is 15.9 Å². The maximum Gasteiger partial charge on any atom is 0.341 e. The lowest BCUT2D eigenvalue weighted by molar-refractivity contribution is 0.0600. The predicted molar refractivity (Wildman–Crippen MR) is 97.9 cm³/mol. The fourth-order valence-electron chi connectivity index (χ4n) is 3.21. The Morgan fingerprint density at radius 2 is 2.23 bits per heavy atom. The second kappa shape index (κ2) is 6.57. The molecule has 0 fully saturated rings. The molecule has 7 heteroatoms. The molecular weight excluding hydrogens is 400 g/mol. The van der Waals surface area contributed by atoms with Crippen LogP contribution in [0.15, 0.2) is 45.5 Å². The van der Waals surface area contributed by atoms with Gasteiger partial charge in [0.15, 0.2) is 0 Å². The molecule has 0 atom stereocenters. The Morgan fingerprint density at radius 3 is 3.04 bits per heavy atom. The number of aromatic nitrogens is 1. The van der Waals surface area contributed by atoms with E-state index in [4.69, 9.17) is 9.15 Å². The minimum absolute atomic E-state index is 0.0609. The van der Waals surface area contributed by atoms with Gasteiger partial charge in [0.1, 0.15) is 16.9 Å². The predicted octanol–water partition coefficient (Wildman–Crippen LogP) is 3.58. The van der Waals surface area contributed by atoms with Gasteiger partial charge in [-0.2, -0.15) is 0 Å². The molecule has 0 saturated carbocycles. The zero-order valence-electron chi connectivity index (χ0n) is 14.0. The molecule has 0 unspecified atom stereocenters. The number of rotatable bonds is 3. The summed E-state index contributed by atoms with van der Waals surface area (Å²) in [6, 6.07) is 7.26. The van der Waals surface area contributed by atoms with Gasteiger partial charge in [0.25, 0.3) is 5.91 Å². The Morgan fingerprint density at radius 1 is 1.38 bits per heavy atom. The van der Waals surface area contributed by atoms with Crippen molar-refractivity contribution in [2.75, 3.05) is 13.7 Å². The lowest BCUT2D eigenvalue weighted by atomic mass is 10.0. The van der Waals surface area contributed by atoms with Gasteiger partial charge < -0.3 is 14.1 Å². The van der Waals surface area contributed by atoms with Crippen LogP contribution in [0, 0.1) is 0 Å². The summed E-state index contributed by atoms with van der Waals surface area (Å²) in [5.41, 5.74) is 2.46. The molecule has 0 bridgehead atoms. The molecule has 1 aromatic carbocycles. The number of fused-ring (bicyclic) bond motifs is 2. The first-order valence-corrected chi connectivity index (χ1v) is 8.88. The normalized spacial score (nSPS) is 13.8. The van der Waals surface area contributed by atoms with Gasteiger partial charge in [-0.3, -0.25) is 9.78 Å². The van der Waals surface area contributed by atoms with Crippen molar-refractivity contribution >= 4 is 38.8 Å². The Kier molecular flexibility index (Phi) is 4.24. The SMILES string of the molecule is COC(=O)c1cc(Br)cc2cc(CN3CCc4ccncc4C3=O)oc12. The van der Waals surface area contributed by atoms with E-state index >= 15 is 0 Å². The molecule has 2 aromatic heterocycles. The third-order valence-corrected chi connectivity index (χ3v) is 4.92. The number of amides is 1. The van der Waals surface area contributed by atoms with Crippen LogP contribution in [0.2, 0.25) is 0 Å². The van der Waals surface area contributed by atoms with Crippen molar-refractivity contribution in [3.63, 3.8) is 0 Å². The largest absolute Gasteiger partial charge is 0.465 e. The molecule has 3 heterocycles. The van der Waals surface area contributed by atoms with Crippen molar-refractivity contribution in [2.45, 2.75) is 13.0 Å². The first kappa shape index (κ1) is 16.8. The van der Waals surface area contributed by atoms with E-state index in [9.17, 15) is 9.59 Å². The number of ether oxygens (including phenoxy) is 1. The van der Waals surface area contributed by atoms with Gasteiger partial charge in [0, 0.05) is 28.8 Å². The van der Waals surface area contributed by atoms with Gasteiger partial charge in [-0.15, -0.1) is 0 Å². The van der Waals surface area contributed by atoms with E-state index in [1.54, 1.807) is 23.4 Å². The summed E-state index contributed by atoms with van der Waals surface area (Å²) < 4.78 is 11.5. The van der Waals surface area contributed by atoms with E-state index in [0.717, 1.165) is 21.8 Å². The van der Waals surface area contributed by atoms with Gasteiger partial charge in [-0.25, -0.2) is 4.79 Å². The van der Waals surface area contributed by atoms with Crippen LogP contribution in [0.4, 0.5) is 0 Å². The summed E-state index contributed by atoms with van der Waals surface area (Å²) >= 11 is 3.40. The monoisotopic (exact) mass is 414 g/mol. The average molecular weight is 415 g/mol. The van der Waals surface area contributed by atoms with Crippen LogP contribution >= 0.6 is 15.9 Å². The van der Waals surface area contributed by atoms with Crippen LogP contribution in [0.3, 0.4) is 0 Å². The molecule has 0 N–H and O–H groups in total. The van der Waals surface area contributed by atoms with Gasteiger partial charge in [0.05, 0.1) is 19.2 Å². The van der Waals surface area contributed by atoms with E-state index in [2.05, 4.69) is 20.9 Å². The highest BCUT2D eigenvalue weighted by Gasteiger charge is 2.26. The summed E-state index contributed by atoms with van der Waals surface area (Å²) in [7, 11) is 1.33. The van der Waals surface area contributed by atoms with Crippen LogP contribution in [-0.4, -0.2) is 35.4 Å². The number of methoxy groups -OCH3 is 1. The molecule has 0 aliphatic carbocycles. The second-order valence-corrected chi connectivity index (χ2v) is 7.00. The number of carbonyl (C=O) groups is 2. The summed E-state index contributed by atoms with van der Waals surface area (Å²) in [6.45, 7) is 0.945. The average Bonchev–Trinajstić information content (AvgIpc) is 3.05. The molecular formula is C19H15BrN2O4. The smallest absolute Gasteiger partial charge is 0.341 e. The van der Waals surface area contributed by atoms with Crippen LogP contribution in [-0.2, 0) is 17.7 Å². The van der Waals surface area contributed by atoms with E-state index in [1.807, 2.05) is 18.2 Å². The summed E-state index contributed by atoms with van der Waals surface area (Å²) in [5.74, 6) is 0.0874. The van der Waals surface area contributed by atoms with Crippen molar-refractivity contribution in [1.29, 1.82) is 0 Å². The number of nitrogens with zero attached hydrogens (tertiary/aromatic N) is 2. The number of carbonyl (C=O) groups excluding carboxylic acids is 2. The third-order valence-electron chi connectivity index (χ3n) is 4.46. The third kappa shape index (κ3) is 2.88. The topological polar surface area (TPSA) is 72.6 Å². The van der Waals surface area contributed by atoms with Crippen LogP contribution in [0.1, 0.15) is 32.0 Å². The quantitative estimate of drug-likeness (QED) is 0.612. The highest BCUT2D eigenvalue weighted by molar-refractivity contribution is 9.10. The van der Waals surface area contributed by atoms with E-state index in [0.29, 0.717) is 35.6 Å².